The summed E-state index contributed by atoms with van der Waals surface area (Å²) in [5.74, 6) is 1.62. The number of amides is 1. The van der Waals surface area contributed by atoms with Crippen molar-refractivity contribution in [3.63, 3.8) is 0 Å². The molecule has 2 fully saturated rings. The first-order valence-corrected chi connectivity index (χ1v) is 11.0. The van der Waals surface area contributed by atoms with Crippen LogP contribution in [0, 0.1) is 11.8 Å². The molecule has 1 aromatic rings. The molecular formula is C22H32ClN3O4. The lowest BCUT2D eigenvalue weighted by molar-refractivity contribution is 0.0152. The van der Waals surface area contributed by atoms with Crippen molar-refractivity contribution in [2.45, 2.75) is 52.1 Å². The summed E-state index contributed by atoms with van der Waals surface area (Å²) >= 11 is 6.17. The van der Waals surface area contributed by atoms with Crippen molar-refractivity contribution in [2.75, 3.05) is 38.2 Å². The molecule has 0 radical (unpaired) electrons. The van der Waals surface area contributed by atoms with Gasteiger partial charge in [-0.3, -0.25) is 0 Å². The van der Waals surface area contributed by atoms with E-state index in [4.69, 9.17) is 21.1 Å². The van der Waals surface area contributed by atoms with Crippen LogP contribution in [-0.4, -0.2) is 60.8 Å². The second-order valence-corrected chi connectivity index (χ2v) is 9.49. The highest BCUT2D eigenvalue weighted by atomic mass is 35.5. The van der Waals surface area contributed by atoms with Gasteiger partial charge in [0, 0.05) is 26.2 Å². The van der Waals surface area contributed by atoms with Gasteiger partial charge in [-0.1, -0.05) is 11.6 Å². The van der Waals surface area contributed by atoms with Crippen LogP contribution in [0.4, 0.5) is 10.6 Å². The van der Waals surface area contributed by atoms with Crippen LogP contribution in [0.5, 0.6) is 0 Å². The quantitative estimate of drug-likeness (QED) is 0.516. The normalized spacial score (nSPS) is 19.0. The molecule has 3 heterocycles. The van der Waals surface area contributed by atoms with Crippen molar-refractivity contribution >= 4 is 29.5 Å². The standard InChI is InChI=1S/C22H32ClN3O4/c1-22(2,3)30-21(28)26-13-9-16(10-14-26)15-7-11-25(12-8-15)18-6-5-17(19(23)24-18)20(27)29-4/h5-6,15-16H,7-14H2,1-4H3. The summed E-state index contributed by atoms with van der Waals surface area (Å²) in [6.45, 7) is 9.07. The van der Waals surface area contributed by atoms with E-state index in [1.165, 1.54) is 7.11 Å². The Morgan fingerprint density at radius 2 is 1.60 bits per heavy atom. The van der Waals surface area contributed by atoms with Gasteiger partial charge >= 0.3 is 12.1 Å². The van der Waals surface area contributed by atoms with E-state index in [9.17, 15) is 9.59 Å². The zero-order valence-corrected chi connectivity index (χ0v) is 19.1. The number of pyridine rings is 1. The Kier molecular flexibility index (Phi) is 7.11. The molecule has 2 aliphatic rings. The highest BCUT2D eigenvalue weighted by Crippen LogP contribution is 2.34. The van der Waals surface area contributed by atoms with Crippen LogP contribution < -0.4 is 4.90 Å². The maximum atomic E-state index is 12.3. The van der Waals surface area contributed by atoms with E-state index < -0.39 is 11.6 Å². The van der Waals surface area contributed by atoms with Gasteiger partial charge in [-0.25, -0.2) is 14.6 Å². The minimum Gasteiger partial charge on any atom is -0.465 e. The summed E-state index contributed by atoms with van der Waals surface area (Å²) in [6, 6.07) is 3.51. The number of carbonyl (C=O) groups is 2. The Bertz CT molecular complexity index is 764. The van der Waals surface area contributed by atoms with Crippen molar-refractivity contribution < 1.29 is 19.1 Å². The number of ether oxygens (including phenoxy) is 2. The number of hydrogen-bond acceptors (Lipinski definition) is 6. The van der Waals surface area contributed by atoms with E-state index >= 15 is 0 Å². The molecule has 3 rings (SSSR count). The van der Waals surface area contributed by atoms with Gasteiger partial charge < -0.3 is 19.3 Å². The predicted octanol–water partition coefficient (Wildman–Crippen LogP) is 4.39. The molecule has 2 saturated heterocycles. The zero-order chi connectivity index (χ0) is 21.9. The molecule has 7 nitrogen and oxygen atoms in total. The molecular weight excluding hydrogens is 406 g/mol. The van der Waals surface area contributed by atoms with Gasteiger partial charge in [0.2, 0.25) is 0 Å². The second-order valence-electron chi connectivity index (χ2n) is 9.13. The largest absolute Gasteiger partial charge is 0.465 e. The van der Waals surface area contributed by atoms with Crippen LogP contribution in [0.15, 0.2) is 12.1 Å². The lowest BCUT2D eigenvalue weighted by Gasteiger charge is -2.40. The third-order valence-electron chi connectivity index (χ3n) is 5.96. The average Bonchev–Trinajstić information content (AvgIpc) is 2.72. The van der Waals surface area contributed by atoms with Gasteiger partial charge in [-0.2, -0.15) is 0 Å². The first-order valence-electron chi connectivity index (χ1n) is 10.7. The molecule has 0 unspecified atom stereocenters. The van der Waals surface area contributed by atoms with Crippen molar-refractivity contribution in [2.24, 2.45) is 11.8 Å². The SMILES string of the molecule is COC(=O)c1ccc(N2CCC(C3CCN(C(=O)OC(C)(C)C)CC3)CC2)nc1Cl. The monoisotopic (exact) mass is 437 g/mol. The number of likely N-dealkylation sites (tertiary alicyclic amines) is 1. The molecule has 0 saturated carbocycles. The van der Waals surface area contributed by atoms with Crippen LogP contribution in [-0.2, 0) is 9.47 Å². The zero-order valence-electron chi connectivity index (χ0n) is 18.3. The van der Waals surface area contributed by atoms with Crippen LogP contribution in [0.3, 0.4) is 0 Å². The van der Waals surface area contributed by atoms with E-state index in [1.807, 2.05) is 31.7 Å². The minimum absolute atomic E-state index is 0.177. The van der Waals surface area contributed by atoms with Gasteiger partial charge in [-0.05, 0) is 70.4 Å². The van der Waals surface area contributed by atoms with E-state index in [2.05, 4.69) is 9.88 Å². The fourth-order valence-corrected chi connectivity index (χ4v) is 4.57. The number of methoxy groups -OCH3 is 1. The molecule has 166 valence electrons. The molecule has 0 aliphatic carbocycles. The minimum atomic E-state index is -0.476. The Hall–Kier alpha value is -2.02. The van der Waals surface area contributed by atoms with Crippen molar-refractivity contribution in [3.8, 4) is 0 Å². The molecule has 1 aromatic heterocycles. The maximum absolute atomic E-state index is 12.3. The fraction of sp³-hybridized carbons (Fsp3) is 0.682. The van der Waals surface area contributed by atoms with Crippen LogP contribution in [0.2, 0.25) is 5.15 Å². The summed E-state index contributed by atoms with van der Waals surface area (Å²) in [7, 11) is 1.33. The van der Waals surface area contributed by atoms with Gasteiger partial charge in [0.15, 0.2) is 0 Å². The number of halogens is 1. The molecule has 0 N–H and O–H groups in total. The molecule has 30 heavy (non-hydrogen) atoms. The lowest BCUT2D eigenvalue weighted by Crippen LogP contribution is -2.44. The average molecular weight is 438 g/mol. The summed E-state index contributed by atoms with van der Waals surface area (Å²) in [4.78, 5) is 32.4. The van der Waals surface area contributed by atoms with Crippen LogP contribution in [0.1, 0.15) is 56.8 Å². The van der Waals surface area contributed by atoms with Crippen LogP contribution >= 0.6 is 11.6 Å². The third kappa shape index (κ3) is 5.56. The summed E-state index contributed by atoms with van der Waals surface area (Å²) in [5, 5.41) is 0.177. The Morgan fingerprint density at radius 3 is 2.10 bits per heavy atom. The maximum Gasteiger partial charge on any atom is 0.410 e. The summed E-state index contributed by atoms with van der Waals surface area (Å²) in [6.07, 6.45) is 4.04. The van der Waals surface area contributed by atoms with E-state index in [-0.39, 0.29) is 16.8 Å². The molecule has 1 amide bonds. The van der Waals surface area contributed by atoms with Crippen LogP contribution in [0.25, 0.3) is 0 Å². The molecule has 2 aliphatic heterocycles. The number of rotatable bonds is 3. The third-order valence-corrected chi connectivity index (χ3v) is 6.25. The van der Waals surface area contributed by atoms with Gasteiger partial charge in [-0.15, -0.1) is 0 Å². The number of carbonyl (C=O) groups excluding carboxylic acids is 2. The first-order chi connectivity index (χ1) is 14.2. The molecule has 0 bridgehead atoms. The molecule has 8 heteroatoms. The Labute approximate surface area is 183 Å². The van der Waals surface area contributed by atoms with Crippen molar-refractivity contribution in [1.82, 2.24) is 9.88 Å². The number of nitrogens with zero attached hydrogens (tertiary/aromatic N) is 3. The fourth-order valence-electron chi connectivity index (χ4n) is 4.34. The molecule has 0 atom stereocenters. The first kappa shape index (κ1) is 22.7. The predicted molar refractivity (Wildman–Crippen MR) is 116 cm³/mol. The number of aromatic nitrogens is 1. The second kappa shape index (κ2) is 9.41. The summed E-state index contributed by atoms with van der Waals surface area (Å²) in [5.41, 5.74) is -0.165. The highest BCUT2D eigenvalue weighted by molar-refractivity contribution is 6.32. The highest BCUT2D eigenvalue weighted by Gasteiger charge is 2.32. The topological polar surface area (TPSA) is 72.0 Å². The molecule has 0 spiro atoms. The van der Waals surface area contributed by atoms with Gasteiger partial charge in [0.1, 0.15) is 16.6 Å². The number of hydrogen-bond donors (Lipinski definition) is 0. The van der Waals surface area contributed by atoms with Crippen molar-refractivity contribution in [1.29, 1.82) is 0 Å². The lowest BCUT2D eigenvalue weighted by atomic mass is 9.79. The van der Waals surface area contributed by atoms with Crippen molar-refractivity contribution in [3.05, 3.63) is 22.8 Å². The van der Waals surface area contributed by atoms with E-state index in [1.54, 1.807) is 6.07 Å². The number of piperidine rings is 2. The molecule has 0 aromatic carbocycles. The van der Waals surface area contributed by atoms with Gasteiger partial charge in [0.25, 0.3) is 0 Å². The number of anilines is 1. The Balaban J connectivity index is 1.49. The number of esters is 1. The summed E-state index contributed by atoms with van der Waals surface area (Å²) < 4.78 is 10.2. The Morgan fingerprint density at radius 1 is 1.03 bits per heavy atom. The van der Waals surface area contributed by atoms with E-state index in [0.29, 0.717) is 11.8 Å². The van der Waals surface area contributed by atoms with E-state index in [0.717, 1.165) is 57.7 Å². The van der Waals surface area contributed by atoms with Gasteiger partial charge in [0.05, 0.1) is 12.7 Å². The smallest absolute Gasteiger partial charge is 0.410 e.